The second-order valence-electron chi connectivity index (χ2n) is 8.50. The molecule has 5 rings (SSSR count). The fraction of sp³-hybridized carbons (Fsp3) is 0.259. The van der Waals surface area contributed by atoms with E-state index in [0.717, 1.165) is 52.9 Å². The van der Waals surface area contributed by atoms with Crippen molar-refractivity contribution in [2.75, 3.05) is 6.61 Å². The third kappa shape index (κ3) is 4.89. The molecule has 0 aliphatic heterocycles. The first-order valence-corrected chi connectivity index (χ1v) is 13.6. The smallest absolute Gasteiger partial charge is 0.341 e. The van der Waals surface area contributed by atoms with Gasteiger partial charge in [0.2, 0.25) is 0 Å². The second-order valence-corrected chi connectivity index (χ2v) is 10.4. The minimum Gasteiger partial charge on any atom is -0.462 e. The zero-order valence-corrected chi connectivity index (χ0v) is 21.4. The van der Waals surface area contributed by atoms with Gasteiger partial charge in [0.15, 0.2) is 4.80 Å². The maximum absolute atomic E-state index is 12.9. The maximum atomic E-state index is 12.9. The fourth-order valence-corrected chi connectivity index (χ4v) is 6.67. The van der Waals surface area contributed by atoms with Gasteiger partial charge in [-0.3, -0.25) is 10.1 Å². The molecule has 0 fully saturated rings. The summed E-state index contributed by atoms with van der Waals surface area (Å²) in [6.07, 6.45) is 4.02. The molecule has 2 heterocycles. The van der Waals surface area contributed by atoms with Crippen LogP contribution in [0.15, 0.2) is 65.0 Å². The standard InChI is InChI=1S/C27H25N3O4S2/c1-2-34-26(31)24-21-10-6-7-11-23(21)36-25(24)28-27-29(16-18-8-4-3-5-9-18)22(17-35-27)19-12-14-20(15-13-19)30(32)33/h3-5,8-9,12-15,17H,2,6-7,10-11,16H2,1H3/b28-27-. The van der Waals surface area contributed by atoms with Gasteiger partial charge in [0, 0.05) is 22.4 Å². The van der Waals surface area contributed by atoms with Crippen LogP contribution in [-0.2, 0) is 24.1 Å². The molecule has 0 spiro atoms. The number of ether oxygens (including phenoxy) is 1. The molecule has 7 nitrogen and oxygen atoms in total. The maximum Gasteiger partial charge on any atom is 0.341 e. The summed E-state index contributed by atoms with van der Waals surface area (Å²) in [6, 6.07) is 16.6. The molecular formula is C27H25N3O4S2. The summed E-state index contributed by atoms with van der Waals surface area (Å²) in [5, 5.41) is 13.8. The molecule has 0 radical (unpaired) electrons. The molecule has 0 amide bonds. The minimum absolute atomic E-state index is 0.0525. The summed E-state index contributed by atoms with van der Waals surface area (Å²) in [5.74, 6) is -0.308. The van der Waals surface area contributed by atoms with Crippen molar-refractivity contribution >= 4 is 39.3 Å². The molecule has 184 valence electrons. The van der Waals surface area contributed by atoms with Crippen molar-refractivity contribution in [3.05, 3.63) is 96.5 Å². The molecular weight excluding hydrogens is 494 g/mol. The molecule has 0 bridgehead atoms. The Bertz CT molecular complexity index is 1470. The molecule has 36 heavy (non-hydrogen) atoms. The van der Waals surface area contributed by atoms with E-state index in [1.54, 1.807) is 23.5 Å². The van der Waals surface area contributed by atoms with Crippen LogP contribution in [0.4, 0.5) is 10.7 Å². The Morgan fingerprint density at radius 3 is 2.58 bits per heavy atom. The third-order valence-corrected chi connectivity index (χ3v) is 8.23. The Morgan fingerprint density at radius 2 is 1.86 bits per heavy atom. The van der Waals surface area contributed by atoms with Crippen molar-refractivity contribution in [3.63, 3.8) is 0 Å². The fourth-order valence-electron chi connectivity index (χ4n) is 4.45. The molecule has 4 aromatic rings. The Balaban J connectivity index is 1.65. The second kappa shape index (κ2) is 10.6. The predicted molar refractivity (Wildman–Crippen MR) is 142 cm³/mol. The van der Waals surface area contributed by atoms with Crippen LogP contribution in [0.5, 0.6) is 0 Å². The van der Waals surface area contributed by atoms with Crippen molar-refractivity contribution in [2.24, 2.45) is 4.99 Å². The van der Waals surface area contributed by atoms with Crippen LogP contribution in [0.2, 0.25) is 0 Å². The topological polar surface area (TPSA) is 86.7 Å². The van der Waals surface area contributed by atoms with E-state index in [9.17, 15) is 14.9 Å². The van der Waals surface area contributed by atoms with Crippen LogP contribution in [0.3, 0.4) is 0 Å². The van der Waals surface area contributed by atoms with Gasteiger partial charge >= 0.3 is 5.97 Å². The Labute approximate surface area is 216 Å². The van der Waals surface area contributed by atoms with Crippen molar-refractivity contribution < 1.29 is 14.5 Å². The lowest BCUT2D eigenvalue weighted by Gasteiger charge is -2.12. The summed E-state index contributed by atoms with van der Waals surface area (Å²) in [4.78, 5) is 30.7. The average molecular weight is 520 g/mol. The summed E-state index contributed by atoms with van der Waals surface area (Å²) in [6.45, 7) is 2.71. The van der Waals surface area contributed by atoms with Crippen molar-refractivity contribution in [3.8, 4) is 11.3 Å². The SMILES string of the molecule is CCOC(=O)c1c(/N=c2\scc(-c3ccc([N+](=O)[O-])cc3)n2Cc2ccccc2)sc2c1CCCC2. The predicted octanol–water partition coefficient (Wildman–Crippen LogP) is 6.52. The van der Waals surface area contributed by atoms with E-state index in [1.807, 2.05) is 30.5 Å². The first-order chi connectivity index (χ1) is 17.5. The van der Waals surface area contributed by atoms with Crippen LogP contribution in [0.25, 0.3) is 11.3 Å². The normalized spacial score (nSPS) is 13.4. The summed E-state index contributed by atoms with van der Waals surface area (Å²) < 4.78 is 7.52. The quantitative estimate of drug-likeness (QED) is 0.158. The van der Waals surface area contributed by atoms with E-state index >= 15 is 0 Å². The van der Waals surface area contributed by atoms with Gasteiger partial charge in [0.05, 0.1) is 29.3 Å². The highest BCUT2D eigenvalue weighted by Gasteiger charge is 2.26. The van der Waals surface area contributed by atoms with Gasteiger partial charge in [-0.25, -0.2) is 9.79 Å². The number of thiophene rings is 1. The Hall–Kier alpha value is -3.56. The first-order valence-electron chi connectivity index (χ1n) is 11.9. The third-order valence-electron chi connectivity index (χ3n) is 6.18. The highest BCUT2D eigenvalue weighted by Crippen LogP contribution is 2.40. The number of hydrogen-bond acceptors (Lipinski definition) is 7. The lowest BCUT2D eigenvalue weighted by atomic mass is 9.95. The first kappa shape index (κ1) is 24.1. The number of nitro groups is 1. The number of aromatic nitrogens is 1. The van der Waals surface area contributed by atoms with Gasteiger partial charge < -0.3 is 9.30 Å². The molecule has 0 saturated heterocycles. The van der Waals surface area contributed by atoms with E-state index in [2.05, 4.69) is 16.7 Å². The number of non-ortho nitro benzene ring substituents is 1. The number of hydrogen-bond donors (Lipinski definition) is 0. The number of nitrogens with zero attached hydrogens (tertiary/aromatic N) is 3. The highest BCUT2D eigenvalue weighted by atomic mass is 32.1. The molecule has 2 aromatic heterocycles. The molecule has 0 N–H and O–H groups in total. The lowest BCUT2D eigenvalue weighted by molar-refractivity contribution is -0.384. The molecule has 1 aliphatic carbocycles. The average Bonchev–Trinajstić information content (AvgIpc) is 3.46. The number of fused-ring (bicyclic) bond motifs is 1. The molecule has 0 atom stereocenters. The van der Waals surface area contributed by atoms with Crippen LogP contribution in [0.1, 0.15) is 46.1 Å². The number of nitro benzene ring substituents is 1. The summed E-state index contributed by atoms with van der Waals surface area (Å²) >= 11 is 3.08. The molecule has 0 unspecified atom stereocenters. The summed E-state index contributed by atoms with van der Waals surface area (Å²) in [5.41, 5.74) is 4.63. The molecule has 2 aromatic carbocycles. The monoisotopic (exact) mass is 519 g/mol. The van der Waals surface area contributed by atoms with E-state index in [0.29, 0.717) is 23.7 Å². The van der Waals surface area contributed by atoms with Gasteiger partial charge in [0.1, 0.15) is 5.00 Å². The molecule has 9 heteroatoms. The number of thiazole rings is 1. The van der Waals surface area contributed by atoms with Crippen molar-refractivity contribution in [1.82, 2.24) is 4.57 Å². The zero-order chi connectivity index (χ0) is 25.1. The van der Waals surface area contributed by atoms with Gasteiger partial charge in [-0.2, -0.15) is 0 Å². The number of rotatable bonds is 7. The number of aryl methyl sites for hydroxylation is 1. The van der Waals surface area contributed by atoms with E-state index < -0.39 is 4.92 Å². The van der Waals surface area contributed by atoms with Crippen molar-refractivity contribution in [2.45, 2.75) is 39.2 Å². The van der Waals surface area contributed by atoms with Crippen LogP contribution < -0.4 is 4.80 Å². The zero-order valence-electron chi connectivity index (χ0n) is 19.8. The highest BCUT2D eigenvalue weighted by molar-refractivity contribution is 7.16. The largest absolute Gasteiger partial charge is 0.462 e. The Morgan fingerprint density at radius 1 is 1.11 bits per heavy atom. The summed E-state index contributed by atoms with van der Waals surface area (Å²) in [7, 11) is 0. The van der Waals surface area contributed by atoms with Crippen LogP contribution in [-0.4, -0.2) is 22.1 Å². The molecule has 0 saturated carbocycles. The van der Waals surface area contributed by atoms with Gasteiger partial charge in [0.25, 0.3) is 5.69 Å². The minimum atomic E-state index is -0.397. The van der Waals surface area contributed by atoms with Gasteiger partial charge in [-0.15, -0.1) is 22.7 Å². The van der Waals surface area contributed by atoms with Crippen LogP contribution >= 0.6 is 22.7 Å². The van der Waals surface area contributed by atoms with E-state index in [4.69, 9.17) is 9.73 Å². The van der Waals surface area contributed by atoms with E-state index in [-0.39, 0.29) is 11.7 Å². The molecule has 1 aliphatic rings. The number of esters is 1. The number of benzene rings is 2. The Kier molecular flexibility index (Phi) is 7.11. The van der Waals surface area contributed by atoms with E-state index in [1.165, 1.54) is 28.3 Å². The lowest BCUT2D eigenvalue weighted by Crippen LogP contribution is -2.17. The number of carbonyl (C=O) groups excluding carboxylic acids is 1. The van der Waals surface area contributed by atoms with Gasteiger partial charge in [-0.05, 0) is 61.4 Å². The number of carbonyl (C=O) groups is 1. The van der Waals surface area contributed by atoms with Crippen molar-refractivity contribution in [1.29, 1.82) is 0 Å². The van der Waals surface area contributed by atoms with Crippen LogP contribution in [0, 0.1) is 10.1 Å². The van der Waals surface area contributed by atoms with Gasteiger partial charge in [-0.1, -0.05) is 30.3 Å².